The van der Waals surface area contributed by atoms with E-state index in [9.17, 15) is 9.18 Å². The molecular formula is C18H16FN3O. The van der Waals surface area contributed by atoms with E-state index in [0.29, 0.717) is 16.9 Å². The van der Waals surface area contributed by atoms with Gasteiger partial charge in [0.2, 0.25) is 0 Å². The quantitative estimate of drug-likeness (QED) is 0.798. The first-order valence-corrected chi connectivity index (χ1v) is 7.25. The number of aromatic nitrogens is 2. The zero-order valence-corrected chi connectivity index (χ0v) is 12.9. The zero-order chi connectivity index (χ0) is 16.4. The van der Waals surface area contributed by atoms with Gasteiger partial charge in [0.1, 0.15) is 5.82 Å². The van der Waals surface area contributed by atoms with Crippen LogP contribution in [0.25, 0.3) is 5.69 Å². The van der Waals surface area contributed by atoms with Gasteiger partial charge in [-0.05, 0) is 50.2 Å². The Morgan fingerprint density at radius 1 is 1.04 bits per heavy atom. The van der Waals surface area contributed by atoms with Crippen LogP contribution in [0.5, 0.6) is 0 Å². The Labute approximate surface area is 133 Å². The predicted molar refractivity (Wildman–Crippen MR) is 87.4 cm³/mol. The van der Waals surface area contributed by atoms with E-state index in [4.69, 9.17) is 0 Å². The van der Waals surface area contributed by atoms with Crippen LogP contribution >= 0.6 is 0 Å². The molecule has 0 spiro atoms. The second-order valence-corrected chi connectivity index (χ2v) is 5.25. The molecule has 3 aromatic rings. The van der Waals surface area contributed by atoms with Gasteiger partial charge in [-0.2, -0.15) is 5.10 Å². The lowest BCUT2D eigenvalue weighted by Gasteiger charge is -2.07. The lowest BCUT2D eigenvalue weighted by atomic mass is 10.1. The van der Waals surface area contributed by atoms with Crippen LogP contribution in [-0.2, 0) is 0 Å². The molecule has 4 nitrogen and oxygen atoms in total. The minimum Gasteiger partial charge on any atom is -0.322 e. The molecule has 0 unspecified atom stereocenters. The Bertz CT molecular complexity index is 839. The number of halogens is 1. The van der Waals surface area contributed by atoms with E-state index in [2.05, 4.69) is 10.4 Å². The number of hydrogen-bond donors (Lipinski definition) is 1. The Kier molecular flexibility index (Phi) is 3.93. The molecule has 0 aliphatic heterocycles. The number of para-hydroxylation sites is 1. The zero-order valence-electron chi connectivity index (χ0n) is 12.9. The van der Waals surface area contributed by atoms with E-state index in [1.54, 1.807) is 11.6 Å². The molecule has 23 heavy (non-hydrogen) atoms. The van der Waals surface area contributed by atoms with E-state index in [1.165, 1.54) is 24.3 Å². The molecule has 1 heterocycles. The van der Waals surface area contributed by atoms with E-state index < -0.39 is 0 Å². The van der Waals surface area contributed by atoms with Crippen molar-refractivity contribution >= 4 is 11.6 Å². The minimum absolute atomic E-state index is 0.256. The molecule has 3 rings (SSSR count). The van der Waals surface area contributed by atoms with Gasteiger partial charge < -0.3 is 5.32 Å². The fraction of sp³-hybridized carbons (Fsp3) is 0.111. The second kappa shape index (κ2) is 6.04. The third-order valence-corrected chi connectivity index (χ3v) is 3.62. The Hall–Kier alpha value is -2.95. The monoisotopic (exact) mass is 309 g/mol. The average molecular weight is 309 g/mol. The lowest BCUT2D eigenvalue weighted by Crippen LogP contribution is -2.14. The summed E-state index contributed by atoms with van der Waals surface area (Å²) < 4.78 is 14.7. The van der Waals surface area contributed by atoms with Crippen molar-refractivity contribution in [1.29, 1.82) is 0 Å². The van der Waals surface area contributed by atoms with E-state index >= 15 is 0 Å². The van der Waals surface area contributed by atoms with Crippen molar-refractivity contribution in [3.63, 3.8) is 0 Å². The summed E-state index contributed by atoms with van der Waals surface area (Å²) in [6.07, 6.45) is 0. The highest BCUT2D eigenvalue weighted by Crippen LogP contribution is 2.19. The summed E-state index contributed by atoms with van der Waals surface area (Å²) in [6.45, 7) is 3.65. The number of nitrogens with zero attached hydrogens (tertiary/aromatic N) is 2. The summed E-state index contributed by atoms with van der Waals surface area (Å²) in [6, 6.07) is 15.3. The molecule has 0 saturated heterocycles. The third-order valence-electron chi connectivity index (χ3n) is 3.62. The summed E-state index contributed by atoms with van der Waals surface area (Å²) in [7, 11) is 0. The van der Waals surface area contributed by atoms with Gasteiger partial charge >= 0.3 is 0 Å². The van der Waals surface area contributed by atoms with Gasteiger partial charge in [-0.15, -0.1) is 0 Å². The molecule has 0 fully saturated rings. The molecule has 2 aromatic carbocycles. The molecule has 116 valence electrons. The highest BCUT2D eigenvalue weighted by Gasteiger charge is 2.19. The van der Waals surface area contributed by atoms with Gasteiger partial charge in [0, 0.05) is 5.69 Å². The van der Waals surface area contributed by atoms with Crippen molar-refractivity contribution in [2.24, 2.45) is 0 Å². The van der Waals surface area contributed by atoms with Gasteiger partial charge in [-0.3, -0.25) is 4.79 Å². The minimum atomic E-state index is -0.341. The Morgan fingerprint density at radius 2 is 1.70 bits per heavy atom. The third kappa shape index (κ3) is 2.99. The van der Waals surface area contributed by atoms with Crippen molar-refractivity contribution in [1.82, 2.24) is 9.78 Å². The molecule has 0 aliphatic carbocycles. The molecule has 1 aromatic heterocycles. The summed E-state index contributed by atoms with van der Waals surface area (Å²) in [5.74, 6) is -0.596. The molecule has 5 heteroatoms. The SMILES string of the molecule is Cc1nn(-c2ccccc2)c(C)c1C(=O)Nc1ccc(F)cc1. The standard InChI is InChI=1S/C18H16FN3O/c1-12-17(18(23)20-15-10-8-14(19)9-11-15)13(2)22(21-12)16-6-4-3-5-7-16/h3-11H,1-2H3,(H,20,23). The molecule has 0 radical (unpaired) electrons. The number of carbonyl (C=O) groups is 1. The summed E-state index contributed by atoms with van der Waals surface area (Å²) >= 11 is 0. The number of amides is 1. The highest BCUT2D eigenvalue weighted by molar-refractivity contribution is 6.05. The smallest absolute Gasteiger partial charge is 0.259 e. The van der Waals surface area contributed by atoms with Gasteiger partial charge in [0.15, 0.2) is 0 Å². The van der Waals surface area contributed by atoms with Crippen LogP contribution in [0, 0.1) is 19.7 Å². The van der Waals surface area contributed by atoms with Crippen molar-refractivity contribution < 1.29 is 9.18 Å². The molecule has 1 N–H and O–H groups in total. The fourth-order valence-electron chi connectivity index (χ4n) is 2.52. The number of carbonyl (C=O) groups excluding carboxylic acids is 1. The topological polar surface area (TPSA) is 46.9 Å². The molecule has 0 atom stereocenters. The van der Waals surface area contributed by atoms with Crippen LogP contribution < -0.4 is 5.32 Å². The van der Waals surface area contributed by atoms with Gasteiger partial charge in [0.25, 0.3) is 5.91 Å². The first-order valence-electron chi connectivity index (χ1n) is 7.25. The first-order chi connectivity index (χ1) is 11.1. The van der Waals surface area contributed by atoms with Crippen LogP contribution in [-0.4, -0.2) is 15.7 Å². The van der Waals surface area contributed by atoms with Crippen molar-refractivity contribution in [2.75, 3.05) is 5.32 Å². The van der Waals surface area contributed by atoms with Crippen LogP contribution in [0.4, 0.5) is 10.1 Å². The van der Waals surface area contributed by atoms with Crippen molar-refractivity contribution in [2.45, 2.75) is 13.8 Å². The maximum atomic E-state index is 12.9. The number of benzene rings is 2. The largest absolute Gasteiger partial charge is 0.322 e. The van der Waals surface area contributed by atoms with Gasteiger partial charge in [-0.1, -0.05) is 18.2 Å². The van der Waals surface area contributed by atoms with Crippen LogP contribution in [0.2, 0.25) is 0 Å². The number of anilines is 1. The second-order valence-electron chi connectivity index (χ2n) is 5.25. The van der Waals surface area contributed by atoms with Crippen LogP contribution in [0.15, 0.2) is 54.6 Å². The summed E-state index contributed by atoms with van der Waals surface area (Å²) in [5, 5.41) is 7.23. The summed E-state index contributed by atoms with van der Waals surface area (Å²) in [5.41, 5.74) is 3.37. The highest BCUT2D eigenvalue weighted by atomic mass is 19.1. The van der Waals surface area contributed by atoms with Crippen molar-refractivity contribution in [3.05, 3.63) is 77.4 Å². The lowest BCUT2D eigenvalue weighted by molar-refractivity contribution is 0.102. The number of hydrogen-bond acceptors (Lipinski definition) is 2. The average Bonchev–Trinajstić information content (AvgIpc) is 2.85. The molecule has 0 saturated carbocycles. The Balaban J connectivity index is 1.92. The van der Waals surface area contributed by atoms with Crippen LogP contribution in [0.3, 0.4) is 0 Å². The van der Waals surface area contributed by atoms with E-state index in [-0.39, 0.29) is 11.7 Å². The van der Waals surface area contributed by atoms with Crippen LogP contribution in [0.1, 0.15) is 21.7 Å². The Morgan fingerprint density at radius 3 is 2.35 bits per heavy atom. The van der Waals surface area contributed by atoms with Gasteiger partial charge in [0.05, 0.1) is 22.6 Å². The first kappa shape index (κ1) is 15.0. The number of nitrogens with one attached hydrogen (secondary N) is 1. The summed E-state index contributed by atoms with van der Waals surface area (Å²) in [4.78, 5) is 12.5. The molecular weight excluding hydrogens is 293 g/mol. The fourth-order valence-corrected chi connectivity index (χ4v) is 2.52. The number of aryl methyl sites for hydroxylation is 1. The van der Waals surface area contributed by atoms with Gasteiger partial charge in [-0.25, -0.2) is 9.07 Å². The molecule has 0 aliphatic rings. The predicted octanol–water partition coefficient (Wildman–Crippen LogP) is 3.88. The van der Waals surface area contributed by atoms with E-state index in [0.717, 1.165) is 11.4 Å². The van der Waals surface area contributed by atoms with Crippen molar-refractivity contribution in [3.8, 4) is 5.69 Å². The maximum absolute atomic E-state index is 12.9. The molecule has 0 bridgehead atoms. The number of rotatable bonds is 3. The van der Waals surface area contributed by atoms with E-state index in [1.807, 2.05) is 37.3 Å². The maximum Gasteiger partial charge on any atom is 0.259 e. The molecule has 1 amide bonds. The normalized spacial score (nSPS) is 10.6.